The molecule has 2 rings (SSSR count). The molecule has 0 aromatic carbocycles. The number of thiazole rings is 1. The molecule has 21 heavy (non-hydrogen) atoms. The average Bonchev–Trinajstić information content (AvgIpc) is 2.72. The van der Waals surface area contributed by atoms with E-state index in [2.05, 4.69) is 9.97 Å². The summed E-state index contributed by atoms with van der Waals surface area (Å²) in [4.78, 5) is 18.8. The number of anilines is 1. The van der Waals surface area contributed by atoms with E-state index in [0.29, 0.717) is 29.0 Å². The molecule has 2 heterocycles. The van der Waals surface area contributed by atoms with Gasteiger partial charge in [0.25, 0.3) is 0 Å². The number of carbonyl (C=O) groups excluding carboxylic acids is 1. The molecule has 0 spiro atoms. The van der Waals surface area contributed by atoms with Crippen LogP contribution in [0, 0.1) is 3.95 Å². The number of nitrogens with two attached hydrogens (primary N) is 1. The van der Waals surface area contributed by atoms with Crippen LogP contribution in [0.1, 0.15) is 19.8 Å². The fourth-order valence-electron chi connectivity index (χ4n) is 1.86. The molecule has 7 nitrogen and oxygen atoms in total. The summed E-state index contributed by atoms with van der Waals surface area (Å²) in [5, 5.41) is 9.70. The molecule has 0 bridgehead atoms. The van der Waals surface area contributed by atoms with Crippen molar-refractivity contribution < 1.29 is 14.6 Å². The fourth-order valence-corrected chi connectivity index (χ4v) is 3.13. The fraction of sp³-hybridized carbons (Fsp3) is 0.500. The van der Waals surface area contributed by atoms with Crippen molar-refractivity contribution in [1.82, 2.24) is 14.5 Å². The van der Waals surface area contributed by atoms with Gasteiger partial charge in [-0.15, -0.1) is 11.3 Å². The minimum Gasteiger partial charge on any atom is -0.463 e. The molecule has 114 valence electrons. The number of nitrogens with zero attached hydrogens (tertiary/aromatic N) is 3. The van der Waals surface area contributed by atoms with Crippen LogP contribution in [0.15, 0.2) is 6.20 Å². The van der Waals surface area contributed by atoms with Crippen LogP contribution in [0.4, 0.5) is 5.95 Å². The van der Waals surface area contributed by atoms with Crippen molar-refractivity contribution in [3.63, 3.8) is 0 Å². The lowest BCUT2D eigenvalue weighted by Crippen LogP contribution is -2.17. The second-order valence-corrected chi connectivity index (χ2v) is 6.21. The summed E-state index contributed by atoms with van der Waals surface area (Å²) in [5.41, 5.74) is 6.31. The molecule has 0 aliphatic carbocycles. The normalized spacial score (nSPS) is 12.5. The lowest BCUT2D eigenvalue weighted by atomic mass is 10.2. The van der Waals surface area contributed by atoms with Gasteiger partial charge in [0, 0.05) is 13.5 Å². The SMILES string of the molecule is CC(=O)OCC(O)CCCn1c(=S)sc2cnc(N)nc21. The van der Waals surface area contributed by atoms with Crippen molar-refractivity contribution in [3.05, 3.63) is 10.2 Å². The van der Waals surface area contributed by atoms with Gasteiger partial charge in [-0.3, -0.25) is 4.79 Å². The summed E-state index contributed by atoms with van der Waals surface area (Å²) >= 11 is 6.73. The number of nitrogen functional groups attached to an aromatic ring is 1. The first-order chi connectivity index (χ1) is 9.97. The summed E-state index contributed by atoms with van der Waals surface area (Å²) in [7, 11) is 0. The lowest BCUT2D eigenvalue weighted by molar-refractivity contribution is -0.144. The van der Waals surface area contributed by atoms with Crippen LogP contribution in [-0.4, -0.2) is 38.3 Å². The zero-order chi connectivity index (χ0) is 15.4. The highest BCUT2D eigenvalue weighted by Crippen LogP contribution is 2.21. The first-order valence-electron chi connectivity index (χ1n) is 6.40. The van der Waals surface area contributed by atoms with Gasteiger partial charge >= 0.3 is 5.97 Å². The van der Waals surface area contributed by atoms with Crippen LogP contribution in [0.5, 0.6) is 0 Å². The first-order valence-corrected chi connectivity index (χ1v) is 7.63. The van der Waals surface area contributed by atoms with Gasteiger partial charge in [0.2, 0.25) is 5.95 Å². The van der Waals surface area contributed by atoms with Crippen molar-refractivity contribution in [2.45, 2.75) is 32.4 Å². The number of aromatic nitrogens is 3. The number of hydrogen-bond acceptors (Lipinski definition) is 8. The number of aliphatic hydroxyl groups is 1. The minimum absolute atomic E-state index is 0.0141. The van der Waals surface area contributed by atoms with Crippen LogP contribution in [0.2, 0.25) is 0 Å². The summed E-state index contributed by atoms with van der Waals surface area (Å²) in [6.45, 7) is 1.94. The van der Waals surface area contributed by atoms with E-state index in [9.17, 15) is 9.90 Å². The Morgan fingerprint density at radius 1 is 1.67 bits per heavy atom. The van der Waals surface area contributed by atoms with Crippen molar-refractivity contribution >= 4 is 45.8 Å². The van der Waals surface area contributed by atoms with E-state index in [1.54, 1.807) is 6.20 Å². The number of fused-ring (bicyclic) bond motifs is 1. The Labute approximate surface area is 130 Å². The minimum atomic E-state index is -0.673. The molecule has 0 radical (unpaired) electrons. The number of aryl methyl sites for hydroxylation is 1. The van der Waals surface area contributed by atoms with Gasteiger partial charge in [-0.2, -0.15) is 4.98 Å². The molecular formula is C12H16N4O3S2. The van der Waals surface area contributed by atoms with Gasteiger partial charge in [0.05, 0.1) is 17.0 Å². The molecule has 2 aromatic rings. The summed E-state index contributed by atoms with van der Waals surface area (Å²) in [6, 6.07) is 0. The maximum absolute atomic E-state index is 10.7. The van der Waals surface area contributed by atoms with Crippen LogP contribution < -0.4 is 5.73 Å². The number of rotatable bonds is 6. The standard InChI is InChI=1S/C12H16N4O3S2/c1-7(17)19-6-8(18)3-2-4-16-10-9(21-12(16)20)5-14-11(13)15-10/h5,8,18H,2-4,6H2,1H3,(H2,13,14,15). The van der Waals surface area contributed by atoms with Crippen molar-refractivity contribution in [1.29, 1.82) is 0 Å². The van der Waals surface area contributed by atoms with E-state index in [0.717, 1.165) is 4.70 Å². The Kier molecular flexibility index (Phi) is 5.21. The number of aliphatic hydroxyl groups excluding tert-OH is 1. The molecule has 0 aliphatic heterocycles. The molecule has 0 fully saturated rings. The highest BCUT2D eigenvalue weighted by Gasteiger charge is 2.10. The van der Waals surface area contributed by atoms with Gasteiger partial charge in [-0.1, -0.05) is 0 Å². The lowest BCUT2D eigenvalue weighted by Gasteiger charge is -2.10. The van der Waals surface area contributed by atoms with E-state index in [-0.39, 0.29) is 12.6 Å². The number of esters is 1. The van der Waals surface area contributed by atoms with Crippen molar-refractivity contribution in [2.24, 2.45) is 0 Å². The number of carbonyl (C=O) groups is 1. The maximum Gasteiger partial charge on any atom is 0.302 e. The van der Waals surface area contributed by atoms with E-state index in [4.69, 9.17) is 22.7 Å². The molecule has 1 atom stereocenters. The van der Waals surface area contributed by atoms with Crippen molar-refractivity contribution in [2.75, 3.05) is 12.3 Å². The van der Waals surface area contributed by atoms with Crippen LogP contribution in [-0.2, 0) is 16.1 Å². The third kappa shape index (κ3) is 4.19. The third-order valence-electron chi connectivity index (χ3n) is 2.83. The van der Waals surface area contributed by atoms with Crippen LogP contribution in [0.25, 0.3) is 10.3 Å². The van der Waals surface area contributed by atoms with Gasteiger partial charge in [-0.05, 0) is 25.1 Å². The Hall–Kier alpha value is -1.58. The number of ether oxygens (including phenoxy) is 1. The Balaban J connectivity index is 1.97. The Bertz CT molecular complexity index is 697. The Morgan fingerprint density at radius 2 is 2.43 bits per heavy atom. The zero-order valence-corrected chi connectivity index (χ0v) is 13.1. The van der Waals surface area contributed by atoms with E-state index < -0.39 is 12.1 Å². The van der Waals surface area contributed by atoms with Crippen LogP contribution >= 0.6 is 23.6 Å². The summed E-state index contributed by atoms with van der Waals surface area (Å²) in [5.74, 6) is -0.189. The largest absolute Gasteiger partial charge is 0.463 e. The first kappa shape index (κ1) is 15.8. The predicted molar refractivity (Wildman–Crippen MR) is 82.5 cm³/mol. The van der Waals surface area contributed by atoms with Crippen LogP contribution in [0.3, 0.4) is 0 Å². The average molecular weight is 328 g/mol. The molecule has 0 saturated carbocycles. The summed E-state index contributed by atoms with van der Waals surface area (Å²) in [6.07, 6.45) is 2.18. The smallest absolute Gasteiger partial charge is 0.302 e. The Morgan fingerprint density at radius 3 is 3.14 bits per heavy atom. The molecule has 0 saturated heterocycles. The zero-order valence-electron chi connectivity index (χ0n) is 11.5. The van der Waals surface area contributed by atoms with Gasteiger partial charge in [0.1, 0.15) is 6.61 Å². The molecule has 0 aliphatic rings. The van der Waals surface area contributed by atoms with E-state index in [1.807, 2.05) is 4.57 Å². The molecule has 3 N–H and O–H groups in total. The van der Waals surface area contributed by atoms with Gasteiger partial charge in [-0.25, -0.2) is 4.98 Å². The van der Waals surface area contributed by atoms with E-state index >= 15 is 0 Å². The topological polar surface area (TPSA) is 103 Å². The molecular weight excluding hydrogens is 312 g/mol. The predicted octanol–water partition coefficient (Wildman–Crippen LogP) is 1.51. The van der Waals surface area contributed by atoms with Gasteiger partial charge < -0.3 is 20.1 Å². The summed E-state index contributed by atoms with van der Waals surface area (Å²) < 4.78 is 8.21. The van der Waals surface area contributed by atoms with Gasteiger partial charge in [0.15, 0.2) is 9.60 Å². The monoisotopic (exact) mass is 328 g/mol. The second-order valence-electron chi connectivity index (χ2n) is 4.53. The molecule has 0 amide bonds. The highest BCUT2D eigenvalue weighted by molar-refractivity contribution is 7.73. The molecule has 1 unspecified atom stereocenters. The maximum atomic E-state index is 10.7. The molecule has 9 heteroatoms. The quantitative estimate of drug-likeness (QED) is 0.612. The third-order valence-corrected chi connectivity index (χ3v) is 4.20. The highest BCUT2D eigenvalue weighted by atomic mass is 32.1. The van der Waals surface area contributed by atoms with E-state index in [1.165, 1.54) is 18.3 Å². The number of hydrogen-bond donors (Lipinski definition) is 2. The molecule has 2 aromatic heterocycles. The van der Waals surface area contributed by atoms with Crippen molar-refractivity contribution in [3.8, 4) is 0 Å². The second kappa shape index (κ2) is 6.92.